The number of halogens is 3. The third kappa shape index (κ3) is 5.76. The summed E-state index contributed by atoms with van der Waals surface area (Å²) in [4.78, 5) is 28.0. The first-order chi connectivity index (χ1) is 13.2. The molecule has 11 heteroatoms. The van der Waals surface area contributed by atoms with Crippen LogP contribution in [0.5, 0.6) is 17.4 Å². The number of ether oxygens (including phenoxy) is 3. The van der Waals surface area contributed by atoms with Crippen LogP contribution in [0.2, 0.25) is 0 Å². The highest BCUT2D eigenvalue weighted by Crippen LogP contribution is 2.28. The minimum absolute atomic E-state index is 0.0247. The first kappa shape index (κ1) is 20.8. The lowest BCUT2D eigenvalue weighted by Gasteiger charge is -2.13. The number of benzene rings is 1. The first-order valence-electron chi connectivity index (χ1n) is 7.72. The molecule has 0 bridgehead atoms. The van der Waals surface area contributed by atoms with Crippen molar-refractivity contribution in [3.8, 4) is 17.4 Å². The summed E-state index contributed by atoms with van der Waals surface area (Å²) < 4.78 is 50.9. The molecule has 2 rings (SSSR count). The molecule has 0 aliphatic heterocycles. The lowest BCUT2D eigenvalue weighted by molar-refractivity contribution is -0.154. The number of alkyl halides is 3. The molecule has 1 heterocycles. The zero-order chi connectivity index (χ0) is 20.7. The van der Waals surface area contributed by atoms with E-state index in [0.29, 0.717) is 0 Å². The van der Waals surface area contributed by atoms with Crippen molar-refractivity contribution in [3.63, 3.8) is 0 Å². The van der Waals surface area contributed by atoms with Crippen LogP contribution in [0.3, 0.4) is 0 Å². The molecule has 1 aromatic carbocycles. The van der Waals surface area contributed by atoms with Crippen LogP contribution in [0.1, 0.15) is 10.4 Å². The molecule has 0 saturated heterocycles. The van der Waals surface area contributed by atoms with Crippen LogP contribution >= 0.6 is 0 Å². The van der Waals surface area contributed by atoms with Gasteiger partial charge in [-0.1, -0.05) is 6.07 Å². The number of nitrogens with one attached hydrogen (secondary N) is 2. The molecular formula is C17H16F3N3O5. The molecule has 150 valence electrons. The van der Waals surface area contributed by atoms with Crippen LogP contribution in [0, 0.1) is 0 Å². The second-order valence-corrected chi connectivity index (χ2v) is 5.23. The second kappa shape index (κ2) is 8.93. The molecule has 2 N–H and O–H groups in total. The average molecular weight is 399 g/mol. The Labute approximate surface area is 157 Å². The van der Waals surface area contributed by atoms with Gasteiger partial charge in [-0.2, -0.15) is 13.2 Å². The van der Waals surface area contributed by atoms with E-state index in [1.807, 2.05) is 0 Å². The summed E-state index contributed by atoms with van der Waals surface area (Å²) >= 11 is 0. The van der Waals surface area contributed by atoms with E-state index in [1.54, 1.807) is 6.07 Å². The van der Waals surface area contributed by atoms with Crippen molar-refractivity contribution in [2.75, 3.05) is 26.1 Å². The summed E-state index contributed by atoms with van der Waals surface area (Å²) in [7, 11) is 2.72. The normalized spacial score (nSPS) is 10.8. The van der Waals surface area contributed by atoms with Crippen LogP contribution in [0.25, 0.3) is 0 Å². The van der Waals surface area contributed by atoms with Gasteiger partial charge in [-0.15, -0.1) is 0 Å². The molecule has 3 amide bonds. The lowest BCUT2D eigenvalue weighted by Crippen LogP contribution is -2.34. The van der Waals surface area contributed by atoms with Gasteiger partial charge in [0.05, 0.1) is 26.1 Å². The predicted octanol–water partition coefficient (Wildman–Crippen LogP) is 3.00. The minimum atomic E-state index is -4.49. The van der Waals surface area contributed by atoms with Gasteiger partial charge in [-0.05, 0) is 18.2 Å². The molecule has 0 aliphatic carbocycles. The highest BCUT2D eigenvalue weighted by Gasteiger charge is 2.28. The number of carbonyl (C=O) groups excluding carboxylic acids is 2. The van der Waals surface area contributed by atoms with Gasteiger partial charge in [0.1, 0.15) is 17.1 Å². The number of methoxy groups -OCH3 is 2. The topological polar surface area (TPSA) is 98.8 Å². The fraction of sp³-hybridized carbons (Fsp3) is 0.235. The van der Waals surface area contributed by atoms with E-state index in [0.717, 1.165) is 12.3 Å². The van der Waals surface area contributed by atoms with E-state index in [2.05, 4.69) is 20.4 Å². The standard InChI is InChI=1S/C17H16F3N3O5/c1-26-11-4-3-5-12(27-2)14(11)15(24)23-16(25)22-10-6-7-13(21-8-10)28-9-17(18,19)20/h3-8H,9H2,1-2H3,(H2,22,23,24,25). The van der Waals surface area contributed by atoms with Crippen LogP contribution in [0.15, 0.2) is 36.5 Å². The molecule has 0 fully saturated rings. The second-order valence-electron chi connectivity index (χ2n) is 5.23. The summed E-state index contributed by atoms with van der Waals surface area (Å²) in [5, 5.41) is 4.42. The van der Waals surface area contributed by atoms with Gasteiger partial charge in [0.15, 0.2) is 6.61 Å². The molecule has 8 nitrogen and oxygen atoms in total. The van der Waals surface area contributed by atoms with Gasteiger partial charge in [-0.25, -0.2) is 9.78 Å². The fourth-order valence-electron chi connectivity index (χ4n) is 2.10. The molecule has 28 heavy (non-hydrogen) atoms. The molecule has 0 unspecified atom stereocenters. The maximum absolute atomic E-state index is 12.4. The van der Waals surface area contributed by atoms with E-state index in [9.17, 15) is 22.8 Å². The van der Waals surface area contributed by atoms with Crippen molar-refractivity contribution in [2.45, 2.75) is 6.18 Å². The largest absolute Gasteiger partial charge is 0.496 e. The Morgan fingerprint density at radius 1 is 1.07 bits per heavy atom. The van der Waals surface area contributed by atoms with Crippen molar-refractivity contribution < 1.29 is 37.0 Å². The highest BCUT2D eigenvalue weighted by molar-refractivity contribution is 6.10. The zero-order valence-electron chi connectivity index (χ0n) is 14.8. The molecule has 0 aliphatic rings. The van der Waals surface area contributed by atoms with Gasteiger partial charge < -0.3 is 19.5 Å². The molecule has 0 radical (unpaired) electrons. The Hall–Kier alpha value is -3.50. The number of hydrogen-bond acceptors (Lipinski definition) is 6. The Bertz CT molecular complexity index is 819. The number of pyridine rings is 1. The van der Waals surface area contributed by atoms with E-state index < -0.39 is 24.7 Å². The number of carbonyl (C=O) groups is 2. The predicted molar refractivity (Wildman–Crippen MR) is 91.8 cm³/mol. The number of aromatic nitrogens is 1. The number of rotatable bonds is 6. The summed E-state index contributed by atoms with van der Waals surface area (Å²) in [5.74, 6) is -0.627. The van der Waals surface area contributed by atoms with Crippen LogP contribution in [-0.2, 0) is 0 Å². The number of amides is 3. The number of urea groups is 1. The van der Waals surface area contributed by atoms with Crippen molar-refractivity contribution in [1.82, 2.24) is 10.3 Å². The molecule has 0 spiro atoms. The Balaban J connectivity index is 2.00. The fourth-order valence-corrected chi connectivity index (χ4v) is 2.10. The van der Waals surface area contributed by atoms with E-state index in [4.69, 9.17) is 9.47 Å². The lowest BCUT2D eigenvalue weighted by atomic mass is 10.1. The van der Waals surface area contributed by atoms with Crippen LogP contribution in [0.4, 0.5) is 23.7 Å². The summed E-state index contributed by atoms with van der Waals surface area (Å²) in [6.07, 6.45) is -3.40. The van der Waals surface area contributed by atoms with Gasteiger partial charge in [0.25, 0.3) is 5.91 Å². The highest BCUT2D eigenvalue weighted by atomic mass is 19.4. The van der Waals surface area contributed by atoms with E-state index >= 15 is 0 Å². The zero-order valence-corrected chi connectivity index (χ0v) is 14.8. The van der Waals surface area contributed by atoms with Crippen molar-refractivity contribution in [3.05, 3.63) is 42.1 Å². The summed E-state index contributed by atoms with van der Waals surface area (Å²) in [5.41, 5.74) is 0.160. The van der Waals surface area contributed by atoms with E-state index in [1.165, 1.54) is 32.4 Å². The van der Waals surface area contributed by atoms with Crippen molar-refractivity contribution in [2.24, 2.45) is 0 Å². The van der Waals surface area contributed by atoms with Gasteiger partial charge in [-0.3, -0.25) is 10.1 Å². The minimum Gasteiger partial charge on any atom is -0.496 e. The first-order valence-corrected chi connectivity index (χ1v) is 7.72. The Kier molecular flexibility index (Phi) is 6.64. The van der Waals surface area contributed by atoms with Crippen molar-refractivity contribution in [1.29, 1.82) is 0 Å². The molecular weight excluding hydrogens is 383 g/mol. The summed E-state index contributed by atoms with van der Waals surface area (Å²) in [6.45, 7) is -1.48. The van der Waals surface area contributed by atoms with Gasteiger partial charge >= 0.3 is 12.2 Å². The maximum atomic E-state index is 12.4. The number of nitrogens with zero attached hydrogens (tertiary/aromatic N) is 1. The molecule has 2 aromatic rings. The van der Waals surface area contributed by atoms with Gasteiger partial charge in [0.2, 0.25) is 5.88 Å². The maximum Gasteiger partial charge on any atom is 0.422 e. The Morgan fingerprint density at radius 2 is 1.71 bits per heavy atom. The number of hydrogen-bond donors (Lipinski definition) is 2. The average Bonchev–Trinajstić information content (AvgIpc) is 2.65. The number of anilines is 1. The van der Waals surface area contributed by atoms with Crippen LogP contribution in [-0.4, -0.2) is 43.9 Å². The molecule has 0 atom stereocenters. The number of imide groups is 1. The third-order valence-corrected chi connectivity index (χ3v) is 3.26. The smallest absolute Gasteiger partial charge is 0.422 e. The van der Waals surface area contributed by atoms with Gasteiger partial charge in [0, 0.05) is 6.07 Å². The quantitative estimate of drug-likeness (QED) is 0.775. The molecule has 0 saturated carbocycles. The van der Waals surface area contributed by atoms with E-state index in [-0.39, 0.29) is 28.6 Å². The molecule has 1 aromatic heterocycles. The Morgan fingerprint density at radius 3 is 2.21 bits per heavy atom. The summed E-state index contributed by atoms with van der Waals surface area (Å²) in [6, 6.07) is 6.20. The third-order valence-electron chi connectivity index (χ3n) is 3.26. The van der Waals surface area contributed by atoms with Crippen LogP contribution < -0.4 is 24.8 Å². The SMILES string of the molecule is COc1cccc(OC)c1C(=O)NC(=O)Nc1ccc(OCC(F)(F)F)nc1. The monoisotopic (exact) mass is 399 g/mol. The van der Waals surface area contributed by atoms with Crippen molar-refractivity contribution >= 4 is 17.6 Å².